The highest BCUT2D eigenvalue weighted by Crippen LogP contribution is 2.27. The molecule has 6 heteroatoms. The second kappa shape index (κ2) is 11.6. The van der Waals surface area contributed by atoms with Gasteiger partial charge in [0, 0.05) is 31.7 Å². The second-order valence-electron chi connectivity index (χ2n) is 8.10. The van der Waals surface area contributed by atoms with E-state index in [0.717, 1.165) is 44.0 Å². The SMILES string of the molecule is CCNC(=NCc1ccc(O)c(OCC)c1)NC1CCN(Cc2ccccc2)C(C)C1. The molecule has 1 saturated heterocycles. The van der Waals surface area contributed by atoms with E-state index in [4.69, 9.17) is 9.73 Å². The lowest BCUT2D eigenvalue weighted by Crippen LogP contribution is -2.51. The number of benzene rings is 2. The number of aliphatic imine (C=N–C) groups is 1. The number of nitrogens with one attached hydrogen (secondary N) is 2. The summed E-state index contributed by atoms with van der Waals surface area (Å²) in [6, 6.07) is 17.0. The smallest absolute Gasteiger partial charge is 0.191 e. The lowest BCUT2D eigenvalue weighted by atomic mass is 9.97. The van der Waals surface area contributed by atoms with Gasteiger partial charge in [-0.15, -0.1) is 0 Å². The molecular formula is C25H36N4O2. The van der Waals surface area contributed by atoms with Crippen molar-refractivity contribution < 1.29 is 9.84 Å². The van der Waals surface area contributed by atoms with Gasteiger partial charge in [0.25, 0.3) is 0 Å². The summed E-state index contributed by atoms with van der Waals surface area (Å²) < 4.78 is 5.48. The summed E-state index contributed by atoms with van der Waals surface area (Å²) in [5.41, 5.74) is 2.38. The van der Waals surface area contributed by atoms with Gasteiger partial charge < -0.3 is 20.5 Å². The number of hydrogen-bond donors (Lipinski definition) is 3. The van der Waals surface area contributed by atoms with Gasteiger partial charge in [0.05, 0.1) is 13.2 Å². The fourth-order valence-corrected chi connectivity index (χ4v) is 4.02. The predicted octanol–water partition coefficient (Wildman–Crippen LogP) is 3.90. The number of piperidine rings is 1. The number of phenolic OH excluding ortho intramolecular Hbond substituents is 1. The number of phenols is 1. The first-order valence-electron chi connectivity index (χ1n) is 11.4. The third-order valence-corrected chi connectivity index (χ3v) is 5.67. The molecule has 0 spiro atoms. The first-order chi connectivity index (χ1) is 15.1. The largest absolute Gasteiger partial charge is 0.504 e. The van der Waals surface area contributed by atoms with Crippen LogP contribution in [-0.2, 0) is 13.1 Å². The van der Waals surface area contributed by atoms with Crippen LogP contribution in [0.2, 0.25) is 0 Å². The van der Waals surface area contributed by atoms with E-state index in [9.17, 15) is 5.11 Å². The van der Waals surface area contributed by atoms with Crippen molar-refractivity contribution in [3.05, 3.63) is 59.7 Å². The Labute approximate surface area is 186 Å². The average molecular weight is 425 g/mol. The van der Waals surface area contributed by atoms with E-state index < -0.39 is 0 Å². The first kappa shape index (κ1) is 22.9. The van der Waals surface area contributed by atoms with Crippen molar-refractivity contribution in [3.8, 4) is 11.5 Å². The maximum Gasteiger partial charge on any atom is 0.191 e. The molecule has 3 rings (SSSR count). The van der Waals surface area contributed by atoms with E-state index in [1.807, 2.05) is 19.1 Å². The van der Waals surface area contributed by atoms with E-state index in [1.165, 1.54) is 5.56 Å². The van der Waals surface area contributed by atoms with Gasteiger partial charge in [-0.25, -0.2) is 4.99 Å². The summed E-state index contributed by atoms with van der Waals surface area (Å²) in [5.74, 6) is 1.51. The number of guanidine groups is 1. The van der Waals surface area contributed by atoms with Crippen molar-refractivity contribution in [2.24, 2.45) is 4.99 Å². The van der Waals surface area contributed by atoms with Crippen LogP contribution in [0.5, 0.6) is 11.5 Å². The molecule has 3 N–H and O–H groups in total. The Morgan fingerprint density at radius 2 is 1.97 bits per heavy atom. The summed E-state index contributed by atoms with van der Waals surface area (Å²) in [6.07, 6.45) is 2.18. The summed E-state index contributed by atoms with van der Waals surface area (Å²) in [5, 5.41) is 16.9. The van der Waals surface area contributed by atoms with Gasteiger partial charge in [-0.1, -0.05) is 36.4 Å². The Hall–Kier alpha value is -2.73. The number of aromatic hydroxyl groups is 1. The average Bonchev–Trinajstić information content (AvgIpc) is 2.77. The molecule has 0 saturated carbocycles. The van der Waals surface area contributed by atoms with Crippen molar-refractivity contribution in [2.45, 2.75) is 58.8 Å². The lowest BCUT2D eigenvalue weighted by molar-refractivity contribution is 0.134. The maximum absolute atomic E-state index is 9.89. The zero-order valence-corrected chi connectivity index (χ0v) is 19.0. The van der Waals surface area contributed by atoms with Crippen LogP contribution in [0.25, 0.3) is 0 Å². The Bertz CT molecular complexity index is 841. The summed E-state index contributed by atoms with van der Waals surface area (Å²) >= 11 is 0. The predicted molar refractivity (Wildman–Crippen MR) is 127 cm³/mol. The van der Waals surface area contributed by atoms with E-state index in [-0.39, 0.29) is 5.75 Å². The zero-order valence-electron chi connectivity index (χ0n) is 19.0. The maximum atomic E-state index is 9.89. The Balaban J connectivity index is 1.57. The summed E-state index contributed by atoms with van der Waals surface area (Å²) in [4.78, 5) is 7.32. The highest BCUT2D eigenvalue weighted by molar-refractivity contribution is 5.80. The van der Waals surface area contributed by atoms with Crippen molar-refractivity contribution in [3.63, 3.8) is 0 Å². The molecule has 31 heavy (non-hydrogen) atoms. The van der Waals surface area contributed by atoms with Crippen LogP contribution in [0.4, 0.5) is 0 Å². The number of nitrogens with zero attached hydrogens (tertiary/aromatic N) is 2. The number of likely N-dealkylation sites (tertiary alicyclic amines) is 1. The van der Waals surface area contributed by atoms with E-state index in [2.05, 4.69) is 59.7 Å². The molecule has 0 amide bonds. The van der Waals surface area contributed by atoms with Gasteiger partial charge in [0.2, 0.25) is 0 Å². The molecule has 6 nitrogen and oxygen atoms in total. The number of hydrogen-bond acceptors (Lipinski definition) is 4. The monoisotopic (exact) mass is 424 g/mol. The van der Waals surface area contributed by atoms with Gasteiger partial charge in [-0.3, -0.25) is 4.90 Å². The highest BCUT2D eigenvalue weighted by atomic mass is 16.5. The number of ether oxygens (including phenoxy) is 1. The van der Waals surface area contributed by atoms with Crippen molar-refractivity contribution >= 4 is 5.96 Å². The molecule has 2 aromatic carbocycles. The molecular weight excluding hydrogens is 388 g/mol. The fourth-order valence-electron chi connectivity index (χ4n) is 4.02. The molecule has 168 valence electrons. The van der Waals surface area contributed by atoms with Gasteiger partial charge in [0.15, 0.2) is 17.5 Å². The normalized spacial score (nSPS) is 19.8. The Morgan fingerprint density at radius 3 is 2.68 bits per heavy atom. The van der Waals surface area contributed by atoms with Crippen molar-refractivity contribution in [2.75, 3.05) is 19.7 Å². The minimum Gasteiger partial charge on any atom is -0.504 e. The number of rotatable bonds is 8. The van der Waals surface area contributed by atoms with E-state index in [1.54, 1.807) is 6.07 Å². The van der Waals surface area contributed by atoms with Crippen LogP contribution in [0.3, 0.4) is 0 Å². The molecule has 2 unspecified atom stereocenters. The third-order valence-electron chi connectivity index (χ3n) is 5.67. The van der Waals surface area contributed by atoms with E-state index in [0.29, 0.717) is 31.0 Å². The van der Waals surface area contributed by atoms with Crippen LogP contribution < -0.4 is 15.4 Å². The van der Waals surface area contributed by atoms with Crippen LogP contribution >= 0.6 is 0 Å². The van der Waals surface area contributed by atoms with Gasteiger partial charge in [-0.2, -0.15) is 0 Å². The molecule has 1 aliphatic heterocycles. The van der Waals surface area contributed by atoms with Crippen molar-refractivity contribution in [1.82, 2.24) is 15.5 Å². The zero-order chi connectivity index (χ0) is 22.1. The minimum atomic E-state index is 0.163. The molecule has 0 radical (unpaired) electrons. The molecule has 1 heterocycles. The summed E-state index contributed by atoms with van der Waals surface area (Å²) in [7, 11) is 0. The molecule has 0 aliphatic carbocycles. The Morgan fingerprint density at radius 1 is 1.16 bits per heavy atom. The second-order valence-corrected chi connectivity index (χ2v) is 8.10. The first-order valence-corrected chi connectivity index (χ1v) is 11.4. The Kier molecular flexibility index (Phi) is 8.59. The topological polar surface area (TPSA) is 69.1 Å². The summed E-state index contributed by atoms with van der Waals surface area (Å²) in [6.45, 7) is 10.2. The van der Waals surface area contributed by atoms with Crippen LogP contribution in [0, 0.1) is 0 Å². The fraction of sp³-hybridized carbons (Fsp3) is 0.480. The molecule has 0 aromatic heterocycles. The molecule has 1 aliphatic rings. The lowest BCUT2D eigenvalue weighted by Gasteiger charge is -2.38. The van der Waals surface area contributed by atoms with Gasteiger partial charge in [0.1, 0.15) is 0 Å². The molecule has 0 bridgehead atoms. The van der Waals surface area contributed by atoms with E-state index >= 15 is 0 Å². The van der Waals surface area contributed by atoms with Crippen LogP contribution in [-0.4, -0.2) is 47.7 Å². The third kappa shape index (κ3) is 6.89. The van der Waals surface area contributed by atoms with Crippen LogP contribution in [0.15, 0.2) is 53.5 Å². The van der Waals surface area contributed by atoms with Gasteiger partial charge >= 0.3 is 0 Å². The molecule has 2 atom stereocenters. The van der Waals surface area contributed by atoms with Crippen molar-refractivity contribution in [1.29, 1.82) is 0 Å². The minimum absolute atomic E-state index is 0.163. The highest BCUT2D eigenvalue weighted by Gasteiger charge is 2.26. The van der Waals surface area contributed by atoms with Crippen LogP contribution in [0.1, 0.15) is 44.7 Å². The molecule has 2 aromatic rings. The quantitative estimate of drug-likeness (QED) is 0.443. The van der Waals surface area contributed by atoms with Gasteiger partial charge in [-0.05, 0) is 56.9 Å². The standard InChI is InChI=1S/C25H36N4O2/c1-4-26-25(27-17-21-11-12-23(30)24(16-21)31-5-2)28-22-13-14-29(19(3)15-22)18-20-9-7-6-8-10-20/h6-12,16,19,22,30H,4-5,13-15,17-18H2,1-3H3,(H2,26,27,28). The molecule has 1 fully saturated rings.